The van der Waals surface area contributed by atoms with Crippen molar-refractivity contribution in [2.45, 2.75) is 26.2 Å². The molecule has 1 aromatic rings. The molecule has 0 unspecified atom stereocenters. The van der Waals surface area contributed by atoms with Crippen molar-refractivity contribution in [3.05, 3.63) is 34.9 Å². The smallest absolute Gasteiger partial charge is 0.338 e. The number of hydrogen-bond donors (Lipinski definition) is 0. The van der Waals surface area contributed by atoms with Crippen molar-refractivity contribution in [3.63, 3.8) is 0 Å². The average molecular weight is 275 g/mol. The van der Waals surface area contributed by atoms with E-state index in [9.17, 15) is 9.59 Å². The third-order valence-electron chi connectivity index (χ3n) is 3.78. The highest BCUT2D eigenvalue weighted by atomic mass is 16.5. The minimum absolute atomic E-state index is 0.0667. The zero-order chi connectivity index (χ0) is 14.5. The molecule has 0 aromatic heterocycles. The second-order valence-corrected chi connectivity index (χ2v) is 5.28. The van der Waals surface area contributed by atoms with Gasteiger partial charge in [0.2, 0.25) is 0 Å². The van der Waals surface area contributed by atoms with Crippen LogP contribution in [-0.2, 0) is 4.74 Å². The summed E-state index contributed by atoms with van der Waals surface area (Å²) in [6.45, 7) is 4.25. The number of piperidine rings is 1. The summed E-state index contributed by atoms with van der Waals surface area (Å²) in [7, 11) is 1.35. The molecular weight excluding hydrogens is 254 g/mol. The van der Waals surface area contributed by atoms with Crippen LogP contribution < -0.4 is 0 Å². The van der Waals surface area contributed by atoms with Crippen molar-refractivity contribution in [1.82, 2.24) is 4.90 Å². The minimum Gasteiger partial charge on any atom is -0.465 e. The predicted molar refractivity (Wildman–Crippen MR) is 77.1 cm³/mol. The van der Waals surface area contributed by atoms with Crippen molar-refractivity contribution in [3.8, 4) is 0 Å². The van der Waals surface area contributed by atoms with Crippen LogP contribution in [0, 0.1) is 6.92 Å². The zero-order valence-electron chi connectivity index (χ0n) is 12.1. The fourth-order valence-electron chi connectivity index (χ4n) is 2.54. The molecule has 1 aliphatic rings. The number of aryl methyl sites for hydroxylation is 1. The Morgan fingerprint density at radius 3 is 2.55 bits per heavy atom. The van der Waals surface area contributed by atoms with E-state index in [1.54, 1.807) is 18.2 Å². The quantitative estimate of drug-likeness (QED) is 0.625. The van der Waals surface area contributed by atoms with Gasteiger partial charge < -0.3 is 4.74 Å². The molecule has 0 radical (unpaired) electrons. The maximum absolute atomic E-state index is 12.3. The lowest BCUT2D eigenvalue weighted by molar-refractivity contribution is 0.0600. The van der Waals surface area contributed by atoms with Crippen LogP contribution in [0.1, 0.15) is 45.5 Å². The van der Waals surface area contributed by atoms with E-state index in [-0.39, 0.29) is 5.78 Å². The van der Waals surface area contributed by atoms with Gasteiger partial charge in [0, 0.05) is 5.56 Å². The fourth-order valence-corrected chi connectivity index (χ4v) is 2.54. The van der Waals surface area contributed by atoms with Crippen LogP contribution in [-0.4, -0.2) is 43.4 Å². The summed E-state index contributed by atoms with van der Waals surface area (Å²) in [5, 5.41) is 0. The highest BCUT2D eigenvalue weighted by Gasteiger charge is 2.17. The Balaban J connectivity index is 2.11. The molecule has 1 aliphatic heterocycles. The standard InChI is InChI=1S/C16H21NO3/c1-12-6-7-13(10-14(12)16(19)20-2)15(18)11-17-8-4-3-5-9-17/h6-7,10H,3-5,8-9,11H2,1-2H3. The van der Waals surface area contributed by atoms with E-state index in [4.69, 9.17) is 4.74 Å². The van der Waals surface area contributed by atoms with Gasteiger partial charge in [0.25, 0.3) is 0 Å². The van der Waals surface area contributed by atoms with Gasteiger partial charge in [-0.05, 0) is 44.5 Å². The molecule has 20 heavy (non-hydrogen) atoms. The summed E-state index contributed by atoms with van der Waals surface area (Å²) in [4.78, 5) is 26.1. The number of carbonyl (C=O) groups is 2. The number of Topliss-reactive ketones (excluding diaryl/α,β-unsaturated/α-hetero) is 1. The molecule has 1 fully saturated rings. The molecule has 1 saturated heterocycles. The molecule has 0 atom stereocenters. The van der Waals surface area contributed by atoms with E-state index < -0.39 is 5.97 Å². The molecule has 2 rings (SSSR count). The lowest BCUT2D eigenvalue weighted by Gasteiger charge is -2.25. The molecule has 108 valence electrons. The number of esters is 1. The van der Waals surface area contributed by atoms with Gasteiger partial charge in [0.1, 0.15) is 0 Å². The van der Waals surface area contributed by atoms with Crippen molar-refractivity contribution in [2.75, 3.05) is 26.7 Å². The van der Waals surface area contributed by atoms with E-state index in [0.29, 0.717) is 17.7 Å². The molecular formula is C16H21NO3. The lowest BCUT2D eigenvalue weighted by Crippen LogP contribution is -2.34. The normalized spacial score (nSPS) is 15.9. The SMILES string of the molecule is COC(=O)c1cc(C(=O)CN2CCCCC2)ccc1C. The molecule has 1 aromatic carbocycles. The Morgan fingerprint density at radius 2 is 1.90 bits per heavy atom. The largest absolute Gasteiger partial charge is 0.465 e. The zero-order valence-corrected chi connectivity index (χ0v) is 12.1. The van der Waals surface area contributed by atoms with Crippen LogP contribution in [0.4, 0.5) is 0 Å². The number of likely N-dealkylation sites (tertiary alicyclic amines) is 1. The maximum Gasteiger partial charge on any atom is 0.338 e. The minimum atomic E-state index is -0.393. The fraction of sp³-hybridized carbons (Fsp3) is 0.500. The molecule has 0 aliphatic carbocycles. The van der Waals surface area contributed by atoms with Crippen LogP contribution in [0.2, 0.25) is 0 Å². The Labute approximate surface area is 119 Å². The molecule has 0 saturated carbocycles. The van der Waals surface area contributed by atoms with Gasteiger partial charge in [0.05, 0.1) is 19.2 Å². The van der Waals surface area contributed by atoms with Crippen LogP contribution in [0.5, 0.6) is 0 Å². The summed E-state index contributed by atoms with van der Waals surface area (Å²) in [5.74, 6) is -0.327. The maximum atomic E-state index is 12.3. The number of nitrogens with zero attached hydrogens (tertiary/aromatic N) is 1. The first kappa shape index (κ1) is 14.7. The second-order valence-electron chi connectivity index (χ2n) is 5.28. The van der Waals surface area contributed by atoms with Crippen molar-refractivity contribution < 1.29 is 14.3 Å². The number of hydrogen-bond acceptors (Lipinski definition) is 4. The highest BCUT2D eigenvalue weighted by molar-refractivity contribution is 6.00. The summed E-state index contributed by atoms with van der Waals surface area (Å²) >= 11 is 0. The predicted octanol–water partition coefficient (Wildman–Crippen LogP) is 2.45. The number of ketones is 1. The second kappa shape index (κ2) is 6.66. The summed E-state index contributed by atoms with van der Waals surface area (Å²) in [6, 6.07) is 5.23. The number of ether oxygens (including phenoxy) is 1. The number of benzene rings is 1. The Kier molecular flexibility index (Phi) is 4.90. The van der Waals surface area contributed by atoms with Gasteiger partial charge in [0.15, 0.2) is 5.78 Å². The van der Waals surface area contributed by atoms with Gasteiger partial charge in [-0.3, -0.25) is 9.69 Å². The van der Waals surface area contributed by atoms with Gasteiger partial charge >= 0.3 is 5.97 Å². The number of carbonyl (C=O) groups excluding carboxylic acids is 2. The summed E-state index contributed by atoms with van der Waals surface area (Å²) in [6.07, 6.45) is 3.57. The van der Waals surface area contributed by atoms with Crippen LogP contribution in [0.15, 0.2) is 18.2 Å². The lowest BCUT2D eigenvalue weighted by atomic mass is 10.0. The van der Waals surface area contributed by atoms with Crippen LogP contribution in [0.3, 0.4) is 0 Å². The van der Waals surface area contributed by atoms with E-state index in [1.807, 2.05) is 6.92 Å². The number of methoxy groups -OCH3 is 1. The average Bonchev–Trinajstić information content (AvgIpc) is 2.48. The first-order valence-electron chi connectivity index (χ1n) is 7.06. The molecule has 4 heteroatoms. The van der Waals surface area contributed by atoms with E-state index >= 15 is 0 Å². The van der Waals surface area contributed by atoms with Crippen molar-refractivity contribution in [1.29, 1.82) is 0 Å². The van der Waals surface area contributed by atoms with E-state index in [1.165, 1.54) is 13.5 Å². The molecule has 0 amide bonds. The van der Waals surface area contributed by atoms with Gasteiger partial charge in [-0.2, -0.15) is 0 Å². The summed E-state index contributed by atoms with van der Waals surface area (Å²) in [5.41, 5.74) is 1.88. The first-order valence-corrected chi connectivity index (χ1v) is 7.06. The van der Waals surface area contributed by atoms with Gasteiger partial charge in [-0.25, -0.2) is 4.79 Å². The molecule has 0 N–H and O–H groups in total. The van der Waals surface area contributed by atoms with Gasteiger partial charge in [-0.1, -0.05) is 18.6 Å². The van der Waals surface area contributed by atoms with Gasteiger partial charge in [-0.15, -0.1) is 0 Å². The third kappa shape index (κ3) is 3.45. The van der Waals surface area contributed by atoms with E-state index in [2.05, 4.69) is 4.90 Å². The summed E-state index contributed by atoms with van der Waals surface area (Å²) < 4.78 is 4.74. The first-order chi connectivity index (χ1) is 9.61. The van der Waals surface area contributed by atoms with E-state index in [0.717, 1.165) is 31.5 Å². The molecule has 0 spiro atoms. The topological polar surface area (TPSA) is 46.6 Å². The van der Waals surface area contributed by atoms with Crippen molar-refractivity contribution in [2.24, 2.45) is 0 Å². The van der Waals surface area contributed by atoms with Crippen LogP contribution >= 0.6 is 0 Å². The number of rotatable bonds is 4. The Hall–Kier alpha value is -1.68. The molecule has 4 nitrogen and oxygen atoms in total. The third-order valence-corrected chi connectivity index (χ3v) is 3.78. The Bertz CT molecular complexity index is 504. The molecule has 1 heterocycles. The highest BCUT2D eigenvalue weighted by Crippen LogP contribution is 2.15. The molecule has 0 bridgehead atoms. The Morgan fingerprint density at radius 1 is 1.20 bits per heavy atom. The monoisotopic (exact) mass is 275 g/mol. The van der Waals surface area contributed by atoms with Crippen molar-refractivity contribution >= 4 is 11.8 Å². The van der Waals surface area contributed by atoms with Crippen LogP contribution in [0.25, 0.3) is 0 Å².